The molecule has 0 aliphatic rings. The first-order valence-corrected chi connectivity index (χ1v) is 5.81. The van der Waals surface area contributed by atoms with Gasteiger partial charge in [0.15, 0.2) is 0 Å². The molecule has 2 N–H and O–H groups in total. The Morgan fingerprint density at radius 2 is 2.25 bits per heavy atom. The van der Waals surface area contributed by atoms with Crippen LogP contribution >= 0.6 is 0 Å². The predicted molar refractivity (Wildman–Crippen MR) is 65.7 cm³/mol. The third-order valence-corrected chi connectivity index (χ3v) is 2.94. The van der Waals surface area contributed by atoms with Crippen molar-refractivity contribution in [2.24, 2.45) is 11.1 Å². The number of nitriles is 1. The maximum absolute atomic E-state index is 8.92. The van der Waals surface area contributed by atoms with Crippen LogP contribution in [0.5, 0.6) is 0 Å². The van der Waals surface area contributed by atoms with Gasteiger partial charge in [0.1, 0.15) is 0 Å². The number of nitrogens with zero attached hydrogens (tertiary/aromatic N) is 2. The Labute approximate surface area is 97.9 Å². The molecule has 1 aromatic heterocycles. The van der Waals surface area contributed by atoms with Gasteiger partial charge in [0.2, 0.25) is 0 Å². The average Bonchev–Trinajstić information content (AvgIpc) is 2.74. The number of rotatable bonds is 5. The van der Waals surface area contributed by atoms with Crippen molar-refractivity contribution >= 4 is 0 Å². The van der Waals surface area contributed by atoms with E-state index in [0.29, 0.717) is 0 Å². The Kier molecular flexibility index (Phi) is 4.14. The summed E-state index contributed by atoms with van der Waals surface area (Å²) in [6.07, 6.45) is 5.94. The van der Waals surface area contributed by atoms with Crippen LogP contribution < -0.4 is 5.73 Å². The summed E-state index contributed by atoms with van der Waals surface area (Å²) in [7, 11) is 0. The highest BCUT2D eigenvalue weighted by molar-refractivity contribution is 5.14. The molecule has 1 heterocycles. The van der Waals surface area contributed by atoms with Gasteiger partial charge in [0.05, 0.1) is 11.5 Å². The van der Waals surface area contributed by atoms with E-state index in [1.807, 2.05) is 20.0 Å². The molecule has 0 bridgehead atoms. The standard InChI is InChI=1S/C13H21N3/c1-4-12(15)11-5-7-16(9-11)8-6-13(2,3)10-14/h5,7,9,12H,4,6,8,15H2,1-3H3. The molecule has 0 spiro atoms. The van der Waals surface area contributed by atoms with Crippen LogP contribution in [-0.2, 0) is 6.54 Å². The van der Waals surface area contributed by atoms with E-state index >= 15 is 0 Å². The zero-order chi connectivity index (χ0) is 12.2. The van der Waals surface area contributed by atoms with Crippen molar-refractivity contribution in [1.29, 1.82) is 5.26 Å². The third kappa shape index (κ3) is 3.39. The highest BCUT2D eigenvalue weighted by Gasteiger charge is 2.16. The quantitative estimate of drug-likeness (QED) is 0.827. The Bertz CT molecular complexity index is 371. The summed E-state index contributed by atoms with van der Waals surface area (Å²) >= 11 is 0. The second-order valence-corrected chi connectivity index (χ2v) is 4.94. The van der Waals surface area contributed by atoms with E-state index in [-0.39, 0.29) is 11.5 Å². The molecule has 3 heteroatoms. The van der Waals surface area contributed by atoms with E-state index in [2.05, 4.69) is 29.8 Å². The Hall–Kier alpha value is -1.27. The minimum absolute atomic E-state index is 0.130. The molecule has 1 atom stereocenters. The van der Waals surface area contributed by atoms with E-state index in [9.17, 15) is 0 Å². The second kappa shape index (κ2) is 5.18. The molecular weight excluding hydrogens is 198 g/mol. The first kappa shape index (κ1) is 12.8. The third-order valence-electron chi connectivity index (χ3n) is 2.94. The van der Waals surface area contributed by atoms with Crippen molar-refractivity contribution in [3.63, 3.8) is 0 Å². The lowest BCUT2D eigenvalue weighted by atomic mass is 9.91. The van der Waals surface area contributed by atoms with Gasteiger partial charge in [-0.3, -0.25) is 0 Å². The maximum Gasteiger partial charge on any atom is 0.0684 e. The van der Waals surface area contributed by atoms with Gasteiger partial charge in [0, 0.05) is 25.0 Å². The normalized spacial score (nSPS) is 13.4. The summed E-state index contributed by atoms with van der Waals surface area (Å²) in [5, 5.41) is 8.92. The summed E-state index contributed by atoms with van der Waals surface area (Å²) < 4.78 is 2.12. The van der Waals surface area contributed by atoms with Crippen molar-refractivity contribution in [2.45, 2.75) is 46.2 Å². The minimum Gasteiger partial charge on any atom is -0.354 e. The first-order chi connectivity index (χ1) is 7.48. The lowest BCUT2D eigenvalue weighted by Crippen LogP contribution is -2.12. The molecule has 0 radical (unpaired) electrons. The summed E-state index contributed by atoms with van der Waals surface area (Å²) in [5.41, 5.74) is 6.88. The smallest absolute Gasteiger partial charge is 0.0684 e. The van der Waals surface area contributed by atoms with Gasteiger partial charge in [-0.05, 0) is 38.3 Å². The van der Waals surface area contributed by atoms with Crippen LogP contribution in [0.4, 0.5) is 0 Å². The van der Waals surface area contributed by atoms with Crippen LogP contribution in [-0.4, -0.2) is 4.57 Å². The van der Waals surface area contributed by atoms with Gasteiger partial charge in [-0.1, -0.05) is 6.92 Å². The molecule has 1 unspecified atom stereocenters. The van der Waals surface area contributed by atoms with Gasteiger partial charge in [-0.25, -0.2) is 0 Å². The van der Waals surface area contributed by atoms with E-state index in [4.69, 9.17) is 11.0 Å². The largest absolute Gasteiger partial charge is 0.354 e. The predicted octanol–water partition coefficient (Wildman–Crippen LogP) is 2.84. The Balaban J connectivity index is 2.57. The topological polar surface area (TPSA) is 54.7 Å². The molecule has 1 aromatic rings. The number of aromatic nitrogens is 1. The molecule has 88 valence electrons. The summed E-state index contributed by atoms with van der Waals surface area (Å²) in [5.74, 6) is 0. The number of hydrogen-bond donors (Lipinski definition) is 1. The molecule has 0 aliphatic heterocycles. The molecule has 16 heavy (non-hydrogen) atoms. The zero-order valence-electron chi connectivity index (χ0n) is 10.4. The highest BCUT2D eigenvalue weighted by Crippen LogP contribution is 2.20. The SMILES string of the molecule is CCC(N)c1ccn(CCC(C)(C)C#N)c1. The van der Waals surface area contributed by atoms with Gasteiger partial charge < -0.3 is 10.3 Å². The van der Waals surface area contributed by atoms with Crippen LogP contribution in [0.2, 0.25) is 0 Å². The molecule has 0 fully saturated rings. The van der Waals surface area contributed by atoms with Gasteiger partial charge in [-0.15, -0.1) is 0 Å². The lowest BCUT2D eigenvalue weighted by molar-refractivity contribution is 0.413. The number of hydrogen-bond acceptors (Lipinski definition) is 2. The molecule has 0 amide bonds. The molecule has 0 saturated heterocycles. The average molecular weight is 219 g/mol. The first-order valence-electron chi connectivity index (χ1n) is 5.81. The molecule has 0 aliphatic carbocycles. The fourth-order valence-electron chi connectivity index (χ4n) is 1.52. The van der Waals surface area contributed by atoms with Gasteiger partial charge >= 0.3 is 0 Å². The van der Waals surface area contributed by atoms with Crippen LogP contribution in [0.15, 0.2) is 18.5 Å². The van der Waals surface area contributed by atoms with E-state index < -0.39 is 0 Å². The van der Waals surface area contributed by atoms with E-state index in [1.165, 1.54) is 5.56 Å². The van der Waals surface area contributed by atoms with E-state index in [0.717, 1.165) is 19.4 Å². The monoisotopic (exact) mass is 219 g/mol. The second-order valence-electron chi connectivity index (χ2n) is 4.94. The van der Waals surface area contributed by atoms with Crippen molar-refractivity contribution in [2.75, 3.05) is 0 Å². The summed E-state index contributed by atoms with van der Waals surface area (Å²) in [6, 6.07) is 4.51. The van der Waals surface area contributed by atoms with Gasteiger partial charge in [0.25, 0.3) is 0 Å². The molecule has 1 rings (SSSR count). The zero-order valence-corrected chi connectivity index (χ0v) is 10.4. The van der Waals surface area contributed by atoms with Crippen LogP contribution in [0.3, 0.4) is 0 Å². The minimum atomic E-state index is -0.253. The molecule has 3 nitrogen and oxygen atoms in total. The molecule has 0 saturated carbocycles. The van der Waals surface area contributed by atoms with Crippen LogP contribution in [0.1, 0.15) is 45.2 Å². The Morgan fingerprint density at radius 3 is 2.81 bits per heavy atom. The molecular formula is C13H21N3. The maximum atomic E-state index is 8.92. The van der Waals surface area contributed by atoms with Crippen molar-refractivity contribution < 1.29 is 0 Å². The van der Waals surface area contributed by atoms with E-state index in [1.54, 1.807) is 0 Å². The number of nitrogens with two attached hydrogens (primary N) is 1. The van der Waals surface area contributed by atoms with Crippen LogP contribution in [0, 0.1) is 16.7 Å². The van der Waals surface area contributed by atoms with Gasteiger partial charge in [-0.2, -0.15) is 5.26 Å². The van der Waals surface area contributed by atoms with Crippen LogP contribution in [0.25, 0.3) is 0 Å². The Morgan fingerprint density at radius 1 is 1.56 bits per heavy atom. The summed E-state index contributed by atoms with van der Waals surface area (Å²) in [6.45, 7) is 6.89. The van der Waals surface area contributed by atoms with Crippen molar-refractivity contribution in [3.8, 4) is 6.07 Å². The fourth-order valence-corrected chi connectivity index (χ4v) is 1.52. The lowest BCUT2D eigenvalue weighted by Gasteiger charge is -2.15. The van der Waals surface area contributed by atoms with Crippen molar-refractivity contribution in [3.05, 3.63) is 24.0 Å². The highest BCUT2D eigenvalue weighted by atomic mass is 14.9. The molecule has 0 aromatic carbocycles. The number of aryl methyl sites for hydroxylation is 1. The fraction of sp³-hybridized carbons (Fsp3) is 0.615. The summed E-state index contributed by atoms with van der Waals surface area (Å²) in [4.78, 5) is 0. The van der Waals surface area contributed by atoms with Crippen molar-refractivity contribution in [1.82, 2.24) is 4.57 Å².